The fourth-order valence-corrected chi connectivity index (χ4v) is 4.89. The first-order valence-corrected chi connectivity index (χ1v) is 12.5. The molecule has 198 valence electrons. The maximum Gasteiger partial charge on any atom is 0.351 e. The van der Waals surface area contributed by atoms with Crippen LogP contribution in [0.2, 0.25) is 0 Å². The second-order valence-corrected chi connectivity index (χ2v) is 9.19. The second kappa shape index (κ2) is 12.2. The summed E-state index contributed by atoms with van der Waals surface area (Å²) in [7, 11) is 1.69. The predicted molar refractivity (Wildman–Crippen MR) is 141 cm³/mol. The maximum absolute atomic E-state index is 13.6. The molecule has 3 aromatic carbocycles. The SMILES string of the molecule is COc1ccc(N2CC[NH+](CC(=O)N3c4ccccc4CCc4ccccc43)CC2)cc1.O=C([O-])C(=O)O. The van der Waals surface area contributed by atoms with Gasteiger partial charge in [0.05, 0.1) is 44.7 Å². The quantitative estimate of drug-likeness (QED) is 0.490. The van der Waals surface area contributed by atoms with E-state index in [4.69, 9.17) is 24.5 Å². The fraction of sp³-hybridized carbons (Fsp3) is 0.276. The van der Waals surface area contributed by atoms with Crippen LogP contribution in [0.5, 0.6) is 5.75 Å². The van der Waals surface area contributed by atoms with E-state index in [1.165, 1.54) is 21.7 Å². The number of methoxy groups -OCH3 is 1. The Morgan fingerprint density at radius 1 is 0.868 bits per heavy atom. The van der Waals surface area contributed by atoms with Crippen LogP contribution in [0, 0.1) is 0 Å². The summed E-state index contributed by atoms with van der Waals surface area (Å²) in [5.41, 5.74) is 5.79. The van der Waals surface area contributed by atoms with Crippen molar-refractivity contribution in [3.05, 3.63) is 83.9 Å². The minimum absolute atomic E-state index is 0.180. The van der Waals surface area contributed by atoms with Crippen molar-refractivity contribution in [1.82, 2.24) is 0 Å². The molecule has 5 rings (SSSR count). The number of nitrogens with zero attached hydrogens (tertiary/aromatic N) is 2. The number of rotatable bonds is 4. The molecule has 0 bridgehead atoms. The van der Waals surface area contributed by atoms with Crippen molar-refractivity contribution in [1.29, 1.82) is 0 Å². The number of benzene rings is 3. The van der Waals surface area contributed by atoms with Crippen molar-refractivity contribution in [2.45, 2.75) is 12.8 Å². The number of nitrogens with one attached hydrogen (secondary N) is 1. The molecular weight excluding hydrogens is 486 g/mol. The number of hydrogen-bond donors (Lipinski definition) is 2. The number of carbonyl (C=O) groups is 3. The number of quaternary nitrogens is 1. The summed E-state index contributed by atoms with van der Waals surface area (Å²) < 4.78 is 5.27. The predicted octanol–water partition coefficient (Wildman–Crippen LogP) is 0.685. The first kappa shape index (κ1) is 26.7. The molecule has 38 heavy (non-hydrogen) atoms. The second-order valence-electron chi connectivity index (χ2n) is 9.19. The number of aryl methyl sites for hydroxylation is 2. The molecule has 0 saturated carbocycles. The smallest absolute Gasteiger partial charge is 0.351 e. The number of carboxylic acid groups (broad SMARTS) is 2. The lowest BCUT2D eigenvalue weighted by Gasteiger charge is -2.34. The lowest BCUT2D eigenvalue weighted by Crippen LogP contribution is -3.15. The normalized spacial score (nSPS) is 14.8. The number of amides is 1. The topological polar surface area (TPSA) is 115 Å². The molecule has 2 heterocycles. The number of aliphatic carboxylic acids is 2. The first-order valence-electron chi connectivity index (χ1n) is 12.5. The van der Waals surface area contributed by atoms with E-state index in [1.807, 2.05) is 29.2 Å². The summed E-state index contributed by atoms with van der Waals surface area (Å²) in [5.74, 6) is -2.95. The van der Waals surface area contributed by atoms with Crippen LogP contribution in [-0.4, -0.2) is 62.8 Å². The number of anilines is 3. The Morgan fingerprint density at radius 3 is 1.84 bits per heavy atom. The van der Waals surface area contributed by atoms with Gasteiger partial charge in [-0.25, -0.2) is 4.79 Å². The van der Waals surface area contributed by atoms with Gasteiger partial charge in [0.15, 0.2) is 12.5 Å². The molecule has 9 heteroatoms. The minimum atomic E-state index is -2.07. The molecule has 2 aliphatic rings. The van der Waals surface area contributed by atoms with Crippen LogP contribution in [0.3, 0.4) is 0 Å². The lowest BCUT2D eigenvalue weighted by atomic mass is 10.0. The summed E-state index contributed by atoms with van der Waals surface area (Å²) in [5, 5.41) is 16.3. The molecule has 0 atom stereocenters. The minimum Gasteiger partial charge on any atom is -0.539 e. The third-order valence-corrected chi connectivity index (χ3v) is 6.86. The summed E-state index contributed by atoms with van der Waals surface area (Å²) in [6.45, 7) is 4.31. The molecular formula is C29H31N3O6. The molecule has 0 spiro atoms. The van der Waals surface area contributed by atoms with Crippen molar-refractivity contribution in [2.75, 3.05) is 49.6 Å². The van der Waals surface area contributed by atoms with E-state index in [9.17, 15) is 4.79 Å². The summed E-state index contributed by atoms with van der Waals surface area (Å²) in [6.07, 6.45) is 1.93. The Kier molecular flexibility index (Phi) is 8.60. The largest absolute Gasteiger partial charge is 0.539 e. The van der Waals surface area contributed by atoms with Gasteiger partial charge in [0, 0.05) is 5.69 Å². The Balaban J connectivity index is 0.000000505. The highest BCUT2D eigenvalue weighted by Gasteiger charge is 2.30. The molecule has 1 fully saturated rings. The Hall–Kier alpha value is -4.37. The summed E-state index contributed by atoms with van der Waals surface area (Å²) in [4.78, 5) is 37.4. The number of para-hydroxylation sites is 2. The standard InChI is InChI=1S/C27H29N3O2.C2H2O4/c1-32-24-14-12-23(13-15-24)29-18-16-28(17-19-29)20-27(31)30-25-8-4-2-6-21(25)10-11-22-7-3-5-9-26(22)30;3-1(4)2(5)6/h2-9,12-15H,10-11,16-20H2,1H3;(H,3,4)(H,5,6). The molecule has 1 saturated heterocycles. The molecule has 0 radical (unpaired) electrons. The molecule has 3 aromatic rings. The molecule has 2 N–H and O–H groups in total. The van der Waals surface area contributed by atoms with Crippen LogP contribution in [0.15, 0.2) is 72.8 Å². The average molecular weight is 518 g/mol. The van der Waals surface area contributed by atoms with E-state index < -0.39 is 11.9 Å². The molecule has 0 unspecified atom stereocenters. The van der Waals surface area contributed by atoms with Gasteiger partial charge in [-0.3, -0.25) is 9.69 Å². The molecule has 0 aromatic heterocycles. The first-order chi connectivity index (χ1) is 18.4. The van der Waals surface area contributed by atoms with Gasteiger partial charge in [0.1, 0.15) is 5.75 Å². The van der Waals surface area contributed by atoms with Crippen molar-refractivity contribution in [3.8, 4) is 5.75 Å². The number of fused-ring (bicyclic) bond motifs is 2. The van der Waals surface area contributed by atoms with Gasteiger partial charge in [-0.15, -0.1) is 0 Å². The van der Waals surface area contributed by atoms with Crippen molar-refractivity contribution in [3.63, 3.8) is 0 Å². The zero-order valence-electron chi connectivity index (χ0n) is 21.3. The zero-order chi connectivity index (χ0) is 27.1. The van der Waals surface area contributed by atoms with E-state index in [2.05, 4.69) is 53.4 Å². The fourth-order valence-electron chi connectivity index (χ4n) is 4.89. The van der Waals surface area contributed by atoms with Gasteiger partial charge in [-0.05, 0) is 60.4 Å². The lowest BCUT2D eigenvalue weighted by molar-refractivity contribution is -0.892. The van der Waals surface area contributed by atoms with Crippen LogP contribution in [0.4, 0.5) is 17.1 Å². The molecule has 1 amide bonds. The Labute approximate surface area is 221 Å². The van der Waals surface area contributed by atoms with Crippen LogP contribution in [0.25, 0.3) is 0 Å². The highest BCUT2D eigenvalue weighted by molar-refractivity contribution is 6.26. The number of carbonyl (C=O) groups excluding carboxylic acids is 2. The third kappa shape index (κ3) is 6.30. The van der Waals surface area contributed by atoms with Gasteiger partial charge >= 0.3 is 5.97 Å². The molecule has 2 aliphatic heterocycles. The maximum atomic E-state index is 13.6. The number of carboxylic acids is 2. The van der Waals surface area contributed by atoms with Crippen LogP contribution in [-0.2, 0) is 27.2 Å². The van der Waals surface area contributed by atoms with Crippen LogP contribution >= 0.6 is 0 Å². The number of ether oxygens (including phenoxy) is 1. The van der Waals surface area contributed by atoms with Gasteiger partial charge in [0.2, 0.25) is 0 Å². The summed E-state index contributed by atoms with van der Waals surface area (Å²) in [6, 6.07) is 24.9. The van der Waals surface area contributed by atoms with Gasteiger partial charge in [-0.1, -0.05) is 36.4 Å². The van der Waals surface area contributed by atoms with Gasteiger partial charge < -0.3 is 29.5 Å². The number of piperazine rings is 1. The average Bonchev–Trinajstić information content (AvgIpc) is 3.11. The third-order valence-electron chi connectivity index (χ3n) is 6.86. The van der Waals surface area contributed by atoms with Gasteiger partial charge in [-0.2, -0.15) is 0 Å². The highest BCUT2D eigenvalue weighted by atomic mass is 16.5. The molecule has 9 nitrogen and oxygen atoms in total. The van der Waals surface area contributed by atoms with E-state index in [0.717, 1.165) is 56.1 Å². The molecule has 0 aliphatic carbocycles. The zero-order valence-corrected chi connectivity index (χ0v) is 21.3. The van der Waals surface area contributed by atoms with Gasteiger partial charge in [0.25, 0.3) is 5.91 Å². The number of hydrogen-bond acceptors (Lipinski definition) is 6. The van der Waals surface area contributed by atoms with E-state index in [1.54, 1.807) is 7.11 Å². The van der Waals surface area contributed by atoms with Crippen molar-refractivity contribution in [2.24, 2.45) is 0 Å². The van der Waals surface area contributed by atoms with Crippen molar-refractivity contribution >= 4 is 34.9 Å². The van der Waals surface area contributed by atoms with Crippen molar-refractivity contribution < 1.29 is 34.2 Å². The van der Waals surface area contributed by atoms with E-state index in [-0.39, 0.29) is 5.91 Å². The Bertz CT molecular complexity index is 1230. The van der Waals surface area contributed by atoms with E-state index >= 15 is 0 Å². The van der Waals surface area contributed by atoms with E-state index in [0.29, 0.717) is 6.54 Å². The van der Waals surface area contributed by atoms with Crippen LogP contribution < -0.4 is 24.5 Å². The monoisotopic (exact) mass is 517 g/mol. The van der Waals surface area contributed by atoms with Crippen LogP contribution in [0.1, 0.15) is 11.1 Å². The summed E-state index contributed by atoms with van der Waals surface area (Å²) >= 11 is 0. The highest BCUT2D eigenvalue weighted by Crippen LogP contribution is 2.35. The Morgan fingerprint density at radius 2 is 1.37 bits per heavy atom.